The summed E-state index contributed by atoms with van der Waals surface area (Å²) in [6, 6.07) is 14.9. The van der Waals surface area contributed by atoms with Crippen LogP contribution in [0.5, 0.6) is 0 Å². The van der Waals surface area contributed by atoms with Crippen molar-refractivity contribution in [2.24, 2.45) is 0 Å². The number of esters is 1. The Morgan fingerprint density at radius 3 is 2.58 bits per heavy atom. The maximum atomic E-state index is 12.0. The lowest BCUT2D eigenvalue weighted by Crippen LogP contribution is -2.08. The Morgan fingerprint density at radius 1 is 1.12 bits per heavy atom. The summed E-state index contributed by atoms with van der Waals surface area (Å²) in [5.41, 5.74) is 0.429. The molecule has 3 aromatic rings. The van der Waals surface area contributed by atoms with Crippen molar-refractivity contribution in [3.63, 3.8) is 0 Å². The Bertz CT molecular complexity index is 873. The van der Waals surface area contributed by atoms with Gasteiger partial charge in [0.1, 0.15) is 5.56 Å². The SMILES string of the molecule is O=C(OCc1ncc(-c2ccccc2)o1)c1ccccc1[N+](=O)[O-]. The highest BCUT2D eigenvalue weighted by molar-refractivity contribution is 5.93. The Hall–Kier alpha value is -3.48. The second-order valence-corrected chi connectivity index (χ2v) is 4.83. The van der Waals surface area contributed by atoms with Crippen LogP contribution in [0.15, 0.2) is 65.2 Å². The number of benzene rings is 2. The molecule has 3 rings (SSSR count). The Kier molecular flexibility index (Phi) is 4.33. The van der Waals surface area contributed by atoms with Crippen LogP contribution in [0.4, 0.5) is 5.69 Å². The van der Waals surface area contributed by atoms with Crippen molar-refractivity contribution in [2.45, 2.75) is 6.61 Å². The molecular formula is C17H12N2O5. The van der Waals surface area contributed by atoms with Gasteiger partial charge in [0.05, 0.1) is 11.1 Å². The zero-order chi connectivity index (χ0) is 16.9. The third-order valence-electron chi connectivity index (χ3n) is 3.26. The molecule has 0 fully saturated rings. The van der Waals surface area contributed by atoms with Crippen LogP contribution in [-0.4, -0.2) is 15.9 Å². The number of para-hydroxylation sites is 1. The molecule has 0 N–H and O–H groups in total. The average molecular weight is 324 g/mol. The van der Waals surface area contributed by atoms with Crippen LogP contribution < -0.4 is 0 Å². The van der Waals surface area contributed by atoms with Crippen molar-refractivity contribution < 1.29 is 18.9 Å². The van der Waals surface area contributed by atoms with Crippen LogP contribution in [0.2, 0.25) is 0 Å². The van der Waals surface area contributed by atoms with Gasteiger partial charge in [-0.3, -0.25) is 10.1 Å². The van der Waals surface area contributed by atoms with E-state index in [2.05, 4.69) is 4.98 Å². The minimum absolute atomic E-state index is 0.114. The standard InChI is InChI=1S/C17H12N2O5/c20-17(13-8-4-5-9-14(13)19(21)22)23-11-16-18-10-15(24-16)12-6-2-1-3-7-12/h1-10H,11H2. The van der Waals surface area contributed by atoms with Gasteiger partial charge in [-0.2, -0.15) is 0 Å². The minimum Gasteiger partial charge on any atom is -0.452 e. The number of nitrogens with zero attached hydrogens (tertiary/aromatic N) is 2. The molecule has 1 heterocycles. The summed E-state index contributed by atoms with van der Waals surface area (Å²) < 4.78 is 10.6. The number of hydrogen-bond donors (Lipinski definition) is 0. The summed E-state index contributed by atoms with van der Waals surface area (Å²) in [6.07, 6.45) is 1.53. The molecule has 0 aliphatic carbocycles. The number of nitro benzene ring substituents is 1. The molecule has 1 aromatic heterocycles. The van der Waals surface area contributed by atoms with E-state index in [9.17, 15) is 14.9 Å². The van der Waals surface area contributed by atoms with Gasteiger partial charge in [0, 0.05) is 11.6 Å². The summed E-state index contributed by atoms with van der Waals surface area (Å²) in [4.78, 5) is 26.4. The minimum atomic E-state index is -0.804. The van der Waals surface area contributed by atoms with Gasteiger partial charge < -0.3 is 9.15 Å². The zero-order valence-electron chi connectivity index (χ0n) is 12.4. The fourth-order valence-electron chi connectivity index (χ4n) is 2.12. The number of ether oxygens (including phenoxy) is 1. The molecule has 0 spiro atoms. The molecule has 0 saturated carbocycles. The molecular weight excluding hydrogens is 312 g/mol. The quantitative estimate of drug-likeness (QED) is 0.404. The summed E-state index contributed by atoms with van der Waals surface area (Å²) in [6.45, 7) is -0.211. The van der Waals surface area contributed by atoms with Crippen LogP contribution in [0.25, 0.3) is 11.3 Å². The smallest absolute Gasteiger partial charge is 0.345 e. The lowest BCUT2D eigenvalue weighted by Gasteiger charge is -2.03. The first kappa shape index (κ1) is 15.4. The second kappa shape index (κ2) is 6.74. The van der Waals surface area contributed by atoms with Crippen LogP contribution in [0.3, 0.4) is 0 Å². The number of aromatic nitrogens is 1. The van der Waals surface area contributed by atoms with Crippen molar-refractivity contribution >= 4 is 11.7 Å². The van der Waals surface area contributed by atoms with Gasteiger partial charge in [-0.25, -0.2) is 9.78 Å². The van der Waals surface area contributed by atoms with E-state index in [-0.39, 0.29) is 23.7 Å². The van der Waals surface area contributed by atoms with E-state index < -0.39 is 10.9 Å². The third kappa shape index (κ3) is 3.30. The molecule has 0 aliphatic rings. The van der Waals surface area contributed by atoms with Crippen LogP contribution in [-0.2, 0) is 11.3 Å². The van der Waals surface area contributed by atoms with Crippen molar-refractivity contribution in [1.29, 1.82) is 0 Å². The van der Waals surface area contributed by atoms with E-state index in [4.69, 9.17) is 9.15 Å². The maximum Gasteiger partial charge on any atom is 0.345 e. The normalized spacial score (nSPS) is 10.3. The predicted octanol–water partition coefficient (Wildman–Crippen LogP) is 3.61. The fraction of sp³-hybridized carbons (Fsp3) is 0.0588. The zero-order valence-corrected chi connectivity index (χ0v) is 12.4. The maximum absolute atomic E-state index is 12.0. The van der Waals surface area contributed by atoms with Crippen molar-refractivity contribution in [2.75, 3.05) is 0 Å². The topological polar surface area (TPSA) is 95.5 Å². The lowest BCUT2D eigenvalue weighted by atomic mass is 10.2. The van der Waals surface area contributed by atoms with Crippen LogP contribution >= 0.6 is 0 Å². The molecule has 0 unspecified atom stereocenters. The molecule has 0 aliphatic heterocycles. The van der Waals surface area contributed by atoms with E-state index in [0.717, 1.165) is 5.56 Å². The average Bonchev–Trinajstić information content (AvgIpc) is 3.09. The number of carbonyl (C=O) groups excluding carboxylic acids is 1. The molecule has 2 aromatic carbocycles. The fourth-order valence-corrected chi connectivity index (χ4v) is 2.12. The summed E-state index contributed by atoms with van der Waals surface area (Å²) >= 11 is 0. The molecule has 7 nitrogen and oxygen atoms in total. The molecule has 24 heavy (non-hydrogen) atoms. The van der Waals surface area contributed by atoms with E-state index in [1.54, 1.807) is 0 Å². The molecule has 0 radical (unpaired) electrons. The van der Waals surface area contributed by atoms with Gasteiger partial charge >= 0.3 is 5.97 Å². The van der Waals surface area contributed by atoms with Crippen molar-refractivity contribution in [3.05, 3.63) is 82.4 Å². The van der Waals surface area contributed by atoms with E-state index in [1.807, 2.05) is 30.3 Å². The Labute approximate surface area is 136 Å². The van der Waals surface area contributed by atoms with Crippen molar-refractivity contribution in [1.82, 2.24) is 4.98 Å². The van der Waals surface area contributed by atoms with Crippen LogP contribution in [0.1, 0.15) is 16.2 Å². The lowest BCUT2D eigenvalue weighted by molar-refractivity contribution is -0.385. The first-order valence-corrected chi connectivity index (χ1v) is 7.06. The highest BCUT2D eigenvalue weighted by Crippen LogP contribution is 2.21. The summed E-state index contributed by atoms with van der Waals surface area (Å²) in [5.74, 6) is -0.0464. The van der Waals surface area contributed by atoms with Crippen LogP contribution in [0, 0.1) is 10.1 Å². The van der Waals surface area contributed by atoms with Gasteiger partial charge in [-0.15, -0.1) is 0 Å². The van der Waals surface area contributed by atoms with Gasteiger partial charge in [-0.05, 0) is 6.07 Å². The number of nitro groups is 1. The van der Waals surface area contributed by atoms with Gasteiger partial charge in [0.2, 0.25) is 5.89 Å². The first-order valence-electron chi connectivity index (χ1n) is 7.06. The molecule has 120 valence electrons. The van der Waals surface area contributed by atoms with Gasteiger partial charge in [0.15, 0.2) is 12.4 Å². The van der Waals surface area contributed by atoms with Gasteiger partial charge in [0.25, 0.3) is 5.69 Å². The van der Waals surface area contributed by atoms with E-state index in [0.29, 0.717) is 5.76 Å². The highest BCUT2D eigenvalue weighted by Gasteiger charge is 2.21. The molecule has 0 saturated heterocycles. The highest BCUT2D eigenvalue weighted by atomic mass is 16.6. The molecule has 7 heteroatoms. The summed E-state index contributed by atoms with van der Waals surface area (Å²) in [7, 11) is 0. The number of rotatable bonds is 5. The number of carbonyl (C=O) groups is 1. The predicted molar refractivity (Wildman–Crippen MR) is 84.2 cm³/mol. The summed E-state index contributed by atoms with van der Waals surface area (Å²) in [5, 5.41) is 10.9. The second-order valence-electron chi connectivity index (χ2n) is 4.83. The number of oxazole rings is 1. The Morgan fingerprint density at radius 2 is 1.83 bits per heavy atom. The van der Waals surface area contributed by atoms with E-state index >= 15 is 0 Å². The first-order chi connectivity index (χ1) is 11.6. The largest absolute Gasteiger partial charge is 0.452 e. The Balaban J connectivity index is 1.70. The van der Waals surface area contributed by atoms with Crippen molar-refractivity contribution in [3.8, 4) is 11.3 Å². The molecule has 0 bridgehead atoms. The van der Waals surface area contributed by atoms with Gasteiger partial charge in [-0.1, -0.05) is 42.5 Å². The number of hydrogen-bond acceptors (Lipinski definition) is 6. The van der Waals surface area contributed by atoms with E-state index in [1.165, 1.54) is 30.5 Å². The molecule has 0 amide bonds. The molecule has 0 atom stereocenters. The third-order valence-corrected chi connectivity index (χ3v) is 3.26. The monoisotopic (exact) mass is 324 g/mol.